The number of esters is 1. The number of carbonyl (C=O) groups excluding carboxylic acids is 1. The highest BCUT2D eigenvalue weighted by Crippen LogP contribution is 2.35. The lowest BCUT2D eigenvalue weighted by atomic mass is 9.84. The summed E-state index contributed by atoms with van der Waals surface area (Å²) in [6.45, 7) is 3.10. The van der Waals surface area contributed by atoms with Gasteiger partial charge in [0.2, 0.25) is 0 Å². The number of hydrogen-bond acceptors (Lipinski definition) is 3. The summed E-state index contributed by atoms with van der Waals surface area (Å²) in [7, 11) is 2.21. The normalized spacial score (nSPS) is 27.2. The average molecular weight is 387 g/mol. The Kier molecular flexibility index (Phi) is 5.06. The summed E-state index contributed by atoms with van der Waals surface area (Å²) in [6.07, 6.45) is 2.04. The van der Waals surface area contributed by atoms with E-state index in [0.717, 1.165) is 37.0 Å². The Bertz CT molecular complexity index is 831. The van der Waals surface area contributed by atoms with Gasteiger partial charge in [-0.1, -0.05) is 12.1 Å². The maximum absolute atomic E-state index is 13.4. The summed E-state index contributed by atoms with van der Waals surface area (Å²) < 4.78 is 33.5. The summed E-state index contributed by atoms with van der Waals surface area (Å²) in [6, 6.07) is 10.8. The van der Waals surface area contributed by atoms with Crippen LogP contribution in [0.5, 0.6) is 0 Å². The fourth-order valence-corrected chi connectivity index (χ4v) is 4.35. The summed E-state index contributed by atoms with van der Waals surface area (Å²) >= 11 is 0. The number of hydrogen-bond donors (Lipinski definition) is 1. The number of nitrogens with zero attached hydrogens (tertiary/aromatic N) is 1. The molecule has 1 N–H and O–H groups in total. The second-order valence-electron chi connectivity index (χ2n) is 8.20. The summed E-state index contributed by atoms with van der Waals surface area (Å²) in [4.78, 5) is 13.1. The van der Waals surface area contributed by atoms with Crippen LogP contribution in [0.1, 0.15) is 24.4 Å². The quantitative estimate of drug-likeness (QED) is 0.625. The molecule has 3 saturated heterocycles. The standard InChI is InChI=1S/C22H25F2N2O2/c1-26-12-10-15(11-13-26)20(14-26)28-22(27)21(16-2-4-17(23)5-3-16)25-19-8-6-18(24)7-9-19/h2-9,15,20-21,25H,10-14H2,1H3/q+1. The Morgan fingerprint density at radius 3 is 2.18 bits per heavy atom. The van der Waals surface area contributed by atoms with Gasteiger partial charge < -0.3 is 14.5 Å². The molecule has 2 aromatic rings. The van der Waals surface area contributed by atoms with Crippen molar-refractivity contribution in [1.29, 1.82) is 0 Å². The first-order valence-corrected chi connectivity index (χ1v) is 9.73. The first-order valence-electron chi connectivity index (χ1n) is 9.73. The van der Waals surface area contributed by atoms with Crippen LogP contribution in [0, 0.1) is 17.6 Å². The van der Waals surface area contributed by atoms with Crippen LogP contribution in [-0.2, 0) is 9.53 Å². The summed E-state index contributed by atoms with van der Waals surface area (Å²) in [5, 5.41) is 3.12. The molecule has 3 aliphatic rings. The highest BCUT2D eigenvalue weighted by Gasteiger charge is 2.45. The van der Waals surface area contributed by atoms with Gasteiger partial charge in [0.1, 0.15) is 18.2 Å². The molecular weight excluding hydrogens is 362 g/mol. The topological polar surface area (TPSA) is 38.3 Å². The lowest BCUT2D eigenvalue weighted by Gasteiger charge is -2.49. The van der Waals surface area contributed by atoms with Gasteiger partial charge in [-0.25, -0.2) is 13.6 Å². The largest absolute Gasteiger partial charge is 0.454 e. The van der Waals surface area contributed by atoms with E-state index in [2.05, 4.69) is 12.4 Å². The molecule has 5 rings (SSSR count). The van der Waals surface area contributed by atoms with E-state index >= 15 is 0 Å². The first kappa shape index (κ1) is 18.9. The number of quaternary nitrogens is 1. The summed E-state index contributed by atoms with van der Waals surface area (Å²) in [5.74, 6) is -0.701. The number of rotatable bonds is 5. The van der Waals surface area contributed by atoms with Crippen molar-refractivity contribution in [3.63, 3.8) is 0 Å². The molecule has 3 heterocycles. The number of benzene rings is 2. The van der Waals surface area contributed by atoms with E-state index in [1.54, 1.807) is 24.3 Å². The van der Waals surface area contributed by atoms with Gasteiger partial charge in [0.25, 0.3) is 0 Å². The minimum Gasteiger partial charge on any atom is -0.454 e. The zero-order valence-electron chi connectivity index (χ0n) is 15.9. The molecule has 2 aromatic carbocycles. The number of halogens is 2. The van der Waals surface area contributed by atoms with Gasteiger partial charge in [-0.3, -0.25) is 0 Å². The molecule has 2 unspecified atom stereocenters. The third kappa shape index (κ3) is 4.02. The van der Waals surface area contributed by atoms with Crippen molar-refractivity contribution >= 4 is 11.7 Å². The third-order valence-electron chi connectivity index (χ3n) is 6.09. The van der Waals surface area contributed by atoms with Crippen molar-refractivity contribution in [3.8, 4) is 0 Å². The van der Waals surface area contributed by atoms with Gasteiger partial charge in [0, 0.05) is 24.4 Å². The van der Waals surface area contributed by atoms with Gasteiger partial charge >= 0.3 is 5.97 Å². The van der Waals surface area contributed by atoms with E-state index in [9.17, 15) is 13.6 Å². The minimum atomic E-state index is -0.785. The van der Waals surface area contributed by atoms with Crippen LogP contribution in [0.25, 0.3) is 0 Å². The van der Waals surface area contributed by atoms with E-state index in [4.69, 9.17) is 4.74 Å². The van der Waals surface area contributed by atoms with Crippen LogP contribution < -0.4 is 5.32 Å². The molecule has 0 aromatic heterocycles. The van der Waals surface area contributed by atoms with Gasteiger partial charge in [-0.05, 0) is 42.0 Å². The van der Waals surface area contributed by atoms with Crippen molar-refractivity contribution in [2.45, 2.75) is 25.0 Å². The molecule has 2 atom stereocenters. The Balaban J connectivity index is 1.54. The van der Waals surface area contributed by atoms with E-state index in [1.165, 1.54) is 24.3 Å². The van der Waals surface area contributed by atoms with Gasteiger partial charge in [0.05, 0.1) is 20.1 Å². The smallest absolute Gasteiger partial charge is 0.333 e. The number of anilines is 1. The molecular formula is C22H25F2N2O2+. The minimum absolute atomic E-state index is 0.0991. The van der Waals surface area contributed by atoms with Crippen molar-refractivity contribution in [1.82, 2.24) is 0 Å². The van der Waals surface area contributed by atoms with Crippen LogP contribution in [0.2, 0.25) is 0 Å². The Hall–Kier alpha value is -2.47. The Morgan fingerprint density at radius 1 is 1.04 bits per heavy atom. The zero-order chi connectivity index (χ0) is 19.7. The molecule has 0 saturated carbocycles. The van der Waals surface area contributed by atoms with Crippen LogP contribution in [0.3, 0.4) is 0 Å². The zero-order valence-corrected chi connectivity index (χ0v) is 15.9. The maximum Gasteiger partial charge on any atom is 0.333 e. The number of fused-ring (bicyclic) bond motifs is 3. The SMILES string of the molecule is C[N+]12CCC(CC1)C(OC(=O)C(Nc1ccc(F)cc1)c1ccc(F)cc1)C2. The number of nitrogens with one attached hydrogen (secondary N) is 1. The maximum atomic E-state index is 13.4. The molecule has 148 valence electrons. The molecule has 3 aliphatic heterocycles. The molecule has 28 heavy (non-hydrogen) atoms. The highest BCUT2D eigenvalue weighted by atomic mass is 19.1. The predicted octanol–water partition coefficient (Wildman–Crippen LogP) is 3.90. The van der Waals surface area contributed by atoms with E-state index < -0.39 is 6.04 Å². The average Bonchev–Trinajstić information content (AvgIpc) is 2.68. The second-order valence-corrected chi connectivity index (χ2v) is 8.20. The monoisotopic (exact) mass is 387 g/mol. The fraction of sp³-hybridized carbons (Fsp3) is 0.409. The predicted molar refractivity (Wildman–Crippen MR) is 103 cm³/mol. The van der Waals surface area contributed by atoms with Crippen LogP contribution >= 0.6 is 0 Å². The van der Waals surface area contributed by atoms with E-state index in [-0.39, 0.29) is 23.7 Å². The molecule has 0 spiro atoms. The number of piperidine rings is 3. The molecule has 4 nitrogen and oxygen atoms in total. The molecule has 6 heteroatoms. The second kappa shape index (κ2) is 7.51. The van der Waals surface area contributed by atoms with Crippen LogP contribution in [0.4, 0.5) is 14.5 Å². The Morgan fingerprint density at radius 2 is 1.61 bits per heavy atom. The first-order chi connectivity index (χ1) is 13.4. The summed E-state index contributed by atoms with van der Waals surface area (Å²) in [5.41, 5.74) is 1.21. The Labute approximate surface area is 163 Å². The third-order valence-corrected chi connectivity index (χ3v) is 6.09. The van der Waals surface area contributed by atoms with Crippen LogP contribution in [-0.4, -0.2) is 43.2 Å². The van der Waals surface area contributed by atoms with Crippen LogP contribution in [0.15, 0.2) is 48.5 Å². The lowest BCUT2D eigenvalue weighted by Crippen LogP contribution is -2.62. The number of carbonyl (C=O) groups is 1. The lowest BCUT2D eigenvalue weighted by molar-refractivity contribution is -0.928. The van der Waals surface area contributed by atoms with E-state index in [0.29, 0.717) is 17.2 Å². The van der Waals surface area contributed by atoms with E-state index in [1.807, 2.05) is 0 Å². The van der Waals surface area contributed by atoms with Gasteiger partial charge in [0.15, 0.2) is 12.1 Å². The number of ether oxygens (including phenoxy) is 1. The highest BCUT2D eigenvalue weighted by molar-refractivity contribution is 5.81. The molecule has 2 bridgehead atoms. The van der Waals surface area contributed by atoms with Crippen molar-refractivity contribution < 1.29 is 22.8 Å². The van der Waals surface area contributed by atoms with Gasteiger partial charge in [-0.15, -0.1) is 0 Å². The van der Waals surface area contributed by atoms with Crippen molar-refractivity contribution in [2.75, 3.05) is 32.0 Å². The number of likely N-dealkylation sites (N-methyl/N-ethyl adjacent to an activating group) is 1. The molecule has 0 radical (unpaired) electrons. The molecule has 3 fully saturated rings. The van der Waals surface area contributed by atoms with Gasteiger partial charge in [-0.2, -0.15) is 0 Å². The van der Waals surface area contributed by atoms with Crippen molar-refractivity contribution in [3.05, 3.63) is 65.7 Å². The molecule has 0 amide bonds. The fourth-order valence-electron chi connectivity index (χ4n) is 4.35. The molecule has 0 aliphatic carbocycles. The van der Waals surface area contributed by atoms with Crippen molar-refractivity contribution in [2.24, 2.45) is 5.92 Å².